The molecule has 0 aliphatic carbocycles. The van der Waals surface area contributed by atoms with Gasteiger partial charge in [0.1, 0.15) is 11.6 Å². The Morgan fingerprint density at radius 3 is 2.93 bits per heavy atom. The summed E-state index contributed by atoms with van der Waals surface area (Å²) in [4.78, 5) is 0. The number of hydrogen-bond donors (Lipinski definition) is 1. The maximum absolute atomic E-state index is 12.9. The molecule has 0 fully saturated rings. The summed E-state index contributed by atoms with van der Waals surface area (Å²) in [7, 11) is 0. The summed E-state index contributed by atoms with van der Waals surface area (Å²) < 4.78 is 18.2. The predicted octanol–water partition coefficient (Wildman–Crippen LogP) is 2.23. The highest BCUT2D eigenvalue weighted by molar-refractivity contribution is 5.57. The standard InChI is InChI=1S/C11H13FO2/c1-2-14-11-6-5-10(12)8-9(11)4-3-7-13/h3-6,8,13H,2,7H2,1H3. The second kappa shape index (κ2) is 5.40. The van der Waals surface area contributed by atoms with Gasteiger partial charge in [0.2, 0.25) is 0 Å². The average molecular weight is 196 g/mol. The van der Waals surface area contributed by atoms with E-state index in [2.05, 4.69) is 0 Å². The van der Waals surface area contributed by atoms with E-state index in [4.69, 9.17) is 9.84 Å². The highest BCUT2D eigenvalue weighted by Gasteiger charge is 2.01. The summed E-state index contributed by atoms with van der Waals surface area (Å²) in [5, 5.41) is 8.60. The number of rotatable bonds is 4. The van der Waals surface area contributed by atoms with Crippen molar-refractivity contribution in [2.75, 3.05) is 13.2 Å². The van der Waals surface area contributed by atoms with Crippen molar-refractivity contribution >= 4 is 6.08 Å². The van der Waals surface area contributed by atoms with Gasteiger partial charge in [-0.1, -0.05) is 12.2 Å². The van der Waals surface area contributed by atoms with Crippen molar-refractivity contribution in [3.63, 3.8) is 0 Å². The first-order valence-corrected chi connectivity index (χ1v) is 4.47. The van der Waals surface area contributed by atoms with Gasteiger partial charge in [-0.3, -0.25) is 0 Å². The van der Waals surface area contributed by atoms with Gasteiger partial charge in [-0.05, 0) is 25.1 Å². The summed E-state index contributed by atoms with van der Waals surface area (Å²) in [5.41, 5.74) is 0.640. The van der Waals surface area contributed by atoms with Gasteiger partial charge in [0.05, 0.1) is 13.2 Å². The van der Waals surface area contributed by atoms with Crippen molar-refractivity contribution in [1.82, 2.24) is 0 Å². The lowest BCUT2D eigenvalue weighted by molar-refractivity contribution is 0.338. The molecule has 76 valence electrons. The lowest BCUT2D eigenvalue weighted by Gasteiger charge is -2.06. The molecule has 0 unspecified atom stereocenters. The van der Waals surface area contributed by atoms with Gasteiger partial charge < -0.3 is 9.84 Å². The fraction of sp³-hybridized carbons (Fsp3) is 0.273. The molecule has 1 N–H and O–H groups in total. The first-order valence-electron chi connectivity index (χ1n) is 4.47. The second-order valence-corrected chi connectivity index (χ2v) is 2.70. The quantitative estimate of drug-likeness (QED) is 0.800. The minimum absolute atomic E-state index is 0.0674. The van der Waals surface area contributed by atoms with Crippen LogP contribution < -0.4 is 4.74 Å². The minimum Gasteiger partial charge on any atom is -0.493 e. The van der Waals surface area contributed by atoms with Gasteiger partial charge in [0, 0.05) is 5.56 Å². The number of aliphatic hydroxyl groups is 1. The topological polar surface area (TPSA) is 29.5 Å². The van der Waals surface area contributed by atoms with Crippen LogP contribution in [0.3, 0.4) is 0 Å². The Labute approximate surface area is 82.6 Å². The molecular weight excluding hydrogens is 183 g/mol. The maximum atomic E-state index is 12.9. The second-order valence-electron chi connectivity index (χ2n) is 2.70. The number of halogens is 1. The highest BCUT2D eigenvalue weighted by atomic mass is 19.1. The Balaban J connectivity index is 2.96. The monoisotopic (exact) mass is 196 g/mol. The van der Waals surface area contributed by atoms with Crippen molar-refractivity contribution in [3.8, 4) is 5.75 Å². The molecule has 0 aliphatic heterocycles. The van der Waals surface area contributed by atoms with Gasteiger partial charge in [-0.25, -0.2) is 4.39 Å². The van der Waals surface area contributed by atoms with E-state index in [0.717, 1.165) is 0 Å². The third-order valence-electron chi connectivity index (χ3n) is 1.67. The van der Waals surface area contributed by atoms with E-state index < -0.39 is 0 Å². The third kappa shape index (κ3) is 2.85. The Hall–Kier alpha value is -1.35. The zero-order valence-electron chi connectivity index (χ0n) is 8.03. The predicted molar refractivity (Wildman–Crippen MR) is 53.7 cm³/mol. The van der Waals surface area contributed by atoms with E-state index >= 15 is 0 Å². The van der Waals surface area contributed by atoms with Crippen LogP contribution in [0.1, 0.15) is 12.5 Å². The normalized spacial score (nSPS) is 10.8. The Morgan fingerprint density at radius 1 is 1.50 bits per heavy atom. The molecule has 1 rings (SSSR count). The van der Waals surface area contributed by atoms with E-state index in [0.29, 0.717) is 17.9 Å². The Bertz CT molecular complexity index is 321. The summed E-state index contributed by atoms with van der Waals surface area (Å²) in [6, 6.07) is 4.30. The fourth-order valence-corrected chi connectivity index (χ4v) is 1.12. The number of benzene rings is 1. The molecule has 0 radical (unpaired) electrons. The largest absolute Gasteiger partial charge is 0.493 e. The molecule has 0 amide bonds. The molecule has 2 nitrogen and oxygen atoms in total. The summed E-state index contributed by atoms with van der Waals surface area (Å²) in [6.45, 7) is 2.33. The van der Waals surface area contributed by atoms with Crippen LogP contribution in [-0.2, 0) is 0 Å². The molecule has 14 heavy (non-hydrogen) atoms. The molecular formula is C11H13FO2. The van der Waals surface area contributed by atoms with Crippen LogP contribution in [0.25, 0.3) is 6.08 Å². The maximum Gasteiger partial charge on any atom is 0.126 e. The van der Waals surface area contributed by atoms with E-state index in [1.165, 1.54) is 18.2 Å². The lowest BCUT2D eigenvalue weighted by atomic mass is 10.2. The van der Waals surface area contributed by atoms with E-state index in [9.17, 15) is 4.39 Å². The summed E-state index contributed by atoms with van der Waals surface area (Å²) >= 11 is 0. The van der Waals surface area contributed by atoms with Crippen molar-refractivity contribution in [2.24, 2.45) is 0 Å². The molecule has 0 saturated carbocycles. The number of aliphatic hydroxyl groups excluding tert-OH is 1. The average Bonchev–Trinajstić information content (AvgIpc) is 2.18. The molecule has 3 heteroatoms. The van der Waals surface area contributed by atoms with Gasteiger partial charge in [-0.15, -0.1) is 0 Å². The molecule has 1 aromatic carbocycles. The van der Waals surface area contributed by atoms with Crippen LogP contribution >= 0.6 is 0 Å². The first kappa shape index (κ1) is 10.7. The van der Waals surface area contributed by atoms with Gasteiger partial charge in [-0.2, -0.15) is 0 Å². The minimum atomic E-state index is -0.314. The van der Waals surface area contributed by atoms with Crippen LogP contribution in [0, 0.1) is 5.82 Å². The van der Waals surface area contributed by atoms with Gasteiger partial charge >= 0.3 is 0 Å². The van der Waals surface area contributed by atoms with Crippen LogP contribution in [0.2, 0.25) is 0 Å². The van der Waals surface area contributed by atoms with Gasteiger partial charge in [0.15, 0.2) is 0 Å². The van der Waals surface area contributed by atoms with E-state index in [1.807, 2.05) is 6.92 Å². The summed E-state index contributed by atoms with van der Waals surface area (Å²) in [5.74, 6) is 0.310. The molecule has 0 atom stereocenters. The molecule has 0 aromatic heterocycles. The molecule has 0 bridgehead atoms. The first-order chi connectivity index (χ1) is 6.77. The third-order valence-corrected chi connectivity index (χ3v) is 1.67. The van der Waals surface area contributed by atoms with Crippen molar-refractivity contribution < 1.29 is 14.2 Å². The Kier molecular flexibility index (Phi) is 4.13. The van der Waals surface area contributed by atoms with Crippen LogP contribution in [0.5, 0.6) is 5.75 Å². The number of hydrogen-bond acceptors (Lipinski definition) is 2. The van der Waals surface area contributed by atoms with Gasteiger partial charge in [0.25, 0.3) is 0 Å². The van der Waals surface area contributed by atoms with Crippen molar-refractivity contribution in [3.05, 3.63) is 35.7 Å². The van der Waals surface area contributed by atoms with Crippen molar-refractivity contribution in [2.45, 2.75) is 6.92 Å². The lowest BCUT2D eigenvalue weighted by Crippen LogP contribution is -1.94. The molecule has 0 saturated heterocycles. The zero-order valence-corrected chi connectivity index (χ0v) is 8.03. The molecule has 0 heterocycles. The van der Waals surface area contributed by atoms with Crippen molar-refractivity contribution in [1.29, 1.82) is 0 Å². The van der Waals surface area contributed by atoms with Crippen LogP contribution in [-0.4, -0.2) is 18.3 Å². The molecule has 0 spiro atoms. The zero-order chi connectivity index (χ0) is 10.4. The SMILES string of the molecule is CCOc1ccc(F)cc1C=CCO. The highest BCUT2D eigenvalue weighted by Crippen LogP contribution is 2.20. The number of ether oxygens (including phenoxy) is 1. The molecule has 1 aromatic rings. The molecule has 0 aliphatic rings. The summed E-state index contributed by atoms with van der Waals surface area (Å²) in [6.07, 6.45) is 3.17. The van der Waals surface area contributed by atoms with E-state index in [1.54, 1.807) is 12.1 Å². The van der Waals surface area contributed by atoms with Crippen LogP contribution in [0.4, 0.5) is 4.39 Å². The fourth-order valence-electron chi connectivity index (χ4n) is 1.12. The Morgan fingerprint density at radius 2 is 2.29 bits per heavy atom. The van der Waals surface area contributed by atoms with Crippen LogP contribution in [0.15, 0.2) is 24.3 Å². The smallest absolute Gasteiger partial charge is 0.126 e. The van der Waals surface area contributed by atoms with E-state index in [-0.39, 0.29) is 12.4 Å².